The van der Waals surface area contributed by atoms with Crippen LogP contribution in [0, 0.1) is 19.8 Å². The van der Waals surface area contributed by atoms with Crippen LogP contribution in [0.25, 0.3) is 33.1 Å². The molecule has 0 radical (unpaired) electrons. The number of likely N-dealkylation sites (tertiary alicyclic amines) is 1. The molecule has 1 aliphatic rings. The second-order valence-corrected chi connectivity index (χ2v) is 8.97. The molecule has 1 saturated heterocycles. The molecule has 0 spiro atoms. The fourth-order valence-corrected chi connectivity index (χ4v) is 4.95. The van der Waals surface area contributed by atoms with Gasteiger partial charge in [0.15, 0.2) is 0 Å². The smallest absolute Gasteiger partial charge is 0.340 e. The number of carbonyl (C=O) groups is 2. The normalized spacial score (nSPS) is 14.7. The topological polar surface area (TPSA) is 107 Å². The van der Waals surface area contributed by atoms with Crippen LogP contribution in [-0.4, -0.2) is 29.8 Å². The van der Waals surface area contributed by atoms with E-state index < -0.39 is 5.63 Å². The highest BCUT2D eigenvalue weighted by molar-refractivity contribution is 6.03. The summed E-state index contributed by atoms with van der Waals surface area (Å²) in [6.45, 7) is 4.68. The second-order valence-electron chi connectivity index (χ2n) is 8.97. The van der Waals surface area contributed by atoms with Crippen molar-refractivity contribution in [1.82, 2.24) is 4.90 Å². The van der Waals surface area contributed by atoms with Crippen LogP contribution >= 0.6 is 0 Å². The van der Waals surface area contributed by atoms with Crippen molar-refractivity contribution in [2.75, 3.05) is 13.1 Å². The Labute approximate surface area is 196 Å². The molecule has 0 atom stereocenters. The fraction of sp³-hybridized carbons (Fsp3) is 0.296. The zero-order chi connectivity index (χ0) is 24.0. The van der Waals surface area contributed by atoms with Crippen molar-refractivity contribution in [2.45, 2.75) is 33.1 Å². The number of rotatable bonds is 4. The Bertz CT molecular complexity index is 1470. The summed E-state index contributed by atoms with van der Waals surface area (Å²) >= 11 is 0. The molecule has 5 rings (SSSR count). The van der Waals surface area contributed by atoms with Gasteiger partial charge in [0, 0.05) is 41.4 Å². The number of hydrogen-bond donors (Lipinski definition) is 1. The highest BCUT2D eigenvalue weighted by atomic mass is 16.4. The molecule has 2 aromatic heterocycles. The van der Waals surface area contributed by atoms with E-state index in [2.05, 4.69) is 0 Å². The Morgan fingerprint density at radius 2 is 1.68 bits per heavy atom. The van der Waals surface area contributed by atoms with Gasteiger partial charge in [-0.2, -0.15) is 0 Å². The Balaban J connectivity index is 1.52. The largest absolute Gasteiger partial charge is 0.461 e. The van der Waals surface area contributed by atoms with E-state index in [-0.39, 0.29) is 24.2 Å². The highest BCUT2D eigenvalue weighted by Gasteiger charge is 2.27. The lowest BCUT2D eigenvalue weighted by Gasteiger charge is -2.30. The van der Waals surface area contributed by atoms with Crippen LogP contribution in [0.15, 0.2) is 56.1 Å². The lowest BCUT2D eigenvalue weighted by Crippen LogP contribution is -2.42. The monoisotopic (exact) mass is 458 g/mol. The number of benzene rings is 2. The van der Waals surface area contributed by atoms with Crippen LogP contribution in [0.1, 0.15) is 29.7 Å². The van der Waals surface area contributed by atoms with Gasteiger partial charge in [-0.3, -0.25) is 9.59 Å². The number of nitrogens with two attached hydrogens (primary N) is 1. The van der Waals surface area contributed by atoms with Crippen LogP contribution < -0.4 is 11.4 Å². The first kappa shape index (κ1) is 21.9. The Morgan fingerprint density at radius 3 is 2.35 bits per heavy atom. The molecule has 2 amide bonds. The maximum absolute atomic E-state index is 13.0. The number of carbonyl (C=O) groups excluding carboxylic acids is 2. The minimum absolute atomic E-state index is 0.0423. The summed E-state index contributed by atoms with van der Waals surface area (Å²) in [6.07, 6.45) is 1.05. The Kier molecular flexibility index (Phi) is 5.48. The molecule has 1 fully saturated rings. The number of primary amides is 1. The third-order valence-corrected chi connectivity index (χ3v) is 6.91. The van der Waals surface area contributed by atoms with Gasteiger partial charge >= 0.3 is 5.63 Å². The SMILES string of the molecule is Cc1oc2cc3oc(=O)c(CC(=O)N4CCC(C(N)=O)CC4)c(C)c3cc2c1-c1ccccc1. The zero-order valence-electron chi connectivity index (χ0n) is 19.2. The van der Waals surface area contributed by atoms with Crippen molar-refractivity contribution < 1.29 is 18.4 Å². The van der Waals surface area contributed by atoms with Crippen molar-refractivity contribution in [2.24, 2.45) is 11.7 Å². The van der Waals surface area contributed by atoms with Gasteiger partial charge in [-0.05, 0) is 43.9 Å². The van der Waals surface area contributed by atoms with Gasteiger partial charge in [-0.1, -0.05) is 30.3 Å². The molecule has 2 aromatic carbocycles. The highest BCUT2D eigenvalue weighted by Crippen LogP contribution is 2.37. The molecule has 0 saturated carbocycles. The summed E-state index contributed by atoms with van der Waals surface area (Å²) in [5.41, 5.74) is 9.08. The second kappa shape index (κ2) is 8.48. The first-order valence-corrected chi connectivity index (χ1v) is 11.5. The van der Waals surface area contributed by atoms with Gasteiger partial charge in [-0.25, -0.2) is 4.79 Å². The van der Waals surface area contributed by atoms with E-state index in [1.165, 1.54) is 0 Å². The number of furan rings is 1. The first-order chi connectivity index (χ1) is 16.3. The van der Waals surface area contributed by atoms with Crippen molar-refractivity contribution in [3.63, 3.8) is 0 Å². The molecule has 7 nitrogen and oxygen atoms in total. The van der Waals surface area contributed by atoms with Crippen molar-refractivity contribution in [3.05, 3.63) is 69.8 Å². The van der Waals surface area contributed by atoms with E-state index in [1.807, 2.05) is 50.2 Å². The van der Waals surface area contributed by atoms with E-state index in [0.717, 1.165) is 33.2 Å². The van der Waals surface area contributed by atoms with E-state index in [4.69, 9.17) is 14.6 Å². The van der Waals surface area contributed by atoms with Gasteiger partial charge in [0.2, 0.25) is 11.8 Å². The molecular formula is C27H26N2O5. The zero-order valence-corrected chi connectivity index (χ0v) is 19.2. The van der Waals surface area contributed by atoms with Crippen LogP contribution in [0.3, 0.4) is 0 Å². The summed E-state index contributed by atoms with van der Waals surface area (Å²) in [5, 5.41) is 1.71. The average Bonchev–Trinajstić information content (AvgIpc) is 3.15. The standard InChI is InChI=1S/C27H26N2O5/c1-15-19-12-21-23(33-16(2)25(21)17-6-4-3-5-7-17)14-22(19)34-27(32)20(15)13-24(30)29-10-8-18(9-11-29)26(28)31/h3-7,12,14,18H,8-11,13H2,1-2H3,(H2,28,31). The maximum Gasteiger partial charge on any atom is 0.340 e. The van der Waals surface area contributed by atoms with Crippen molar-refractivity contribution >= 4 is 33.8 Å². The summed E-state index contributed by atoms with van der Waals surface area (Å²) in [7, 11) is 0. The number of piperidine rings is 1. The molecule has 7 heteroatoms. The summed E-state index contributed by atoms with van der Waals surface area (Å²) in [5.74, 6) is 0.110. The molecule has 4 aromatic rings. The van der Waals surface area contributed by atoms with Gasteiger partial charge < -0.3 is 19.5 Å². The number of nitrogens with zero attached hydrogens (tertiary/aromatic N) is 1. The van der Waals surface area contributed by atoms with Crippen LogP contribution in [-0.2, 0) is 16.0 Å². The fourth-order valence-electron chi connectivity index (χ4n) is 4.95. The molecule has 34 heavy (non-hydrogen) atoms. The van der Waals surface area contributed by atoms with E-state index >= 15 is 0 Å². The van der Waals surface area contributed by atoms with Crippen molar-refractivity contribution in [3.8, 4) is 11.1 Å². The maximum atomic E-state index is 13.0. The lowest BCUT2D eigenvalue weighted by molar-refractivity contribution is -0.134. The molecule has 2 N–H and O–H groups in total. The Hall–Kier alpha value is -3.87. The van der Waals surface area contributed by atoms with Gasteiger partial charge in [0.1, 0.15) is 16.9 Å². The molecule has 3 heterocycles. The predicted octanol–water partition coefficient (Wildman–Crippen LogP) is 4.09. The average molecular weight is 459 g/mol. The van der Waals surface area contributed by atoms with E-state index in [0.29, 0.717) is 42.7 Å². The molecule has 174 valence electrons. The molecule has 0 aliphatic carbocycles. The summed E-state index contributed by atoms with van der Waals surface area (Å²) < 4.78 is 11.6. The minimum Gasteiger partial charge on any atom is -0.461 e. The van der Waals surface area contributed by atoms with Gasteiger partial charge in [0.05, 0.1) is 12.0 Å². The predicted molar refractivity (Wildman–Crippen MR) is 129 cm³/mol. The number of amides is 2. The third-order valence-electron chi connectivity index (χ3n) is 6.91. The third kappa shape index (κ3) is 3.77. The lowest BCUT2D eigenvalue weighted by atomic mass is 9.95. The van der Waals surface area contributed by atoms with Crippen molar-refractivity contribution in [1.29, 1.82) is 0 Å². The molecule has 0 unspecified atom stereocenters. The van der Waals surface area contributed by atoms with E-state index in [1.54, 1.807) is 11.0 Å². The van der Waals surface area contributed by atoms with Crippen LogP contribution in [0.5, 0.6) is 0 Å². The molecular weight excluding hydrogens is 432 g/mol. The van der Waals surface area contributed by atoms with Crippen LogP contribution in [0.4, 0.5) is 0 Å². The quantitative estimate of drug-likeness (QED) is 0.464. The minimum atomic E-state index is -0.517. The first-order valence-electron chi connectivity index (χ1n) is 11.5. The van der Waals surface area contributed by atoms with E-state index in [9.17, 15) is 14.4 Å². The van der Waals surface area contributed by atoms with Gasteiger partial charge in [0.25, 0.3) is 0 Å². The number of fused-ring (bicyclic) bond motifs is 2. The molecule has 1 aliphatic heterocycles. The molecule has 0 bridgehead atoms. The summed E-state index contributed by atoms with van der Waals surface area (Å²) in [6, 6.07) is 13.7. The van der Waals surface area contributed by atoms with Gasteiger partial charge in [-0.15, -0.1) is 0 Å². The number of hydrogen-bond acceptors (Lipinski definition) is 5. The Morgan fingerprint density at radius 1 is 1.00 bits per heavy atom. The summed E-state index contributed by atoms with van der Waals surface area (Å²) in [4.78, 5) is 38.9. The number of aryl methyl sites for hydroxylation is 2. The van der Waals surface area contributed by atoms with Crippen LogP contribution in [0.2, 0.25) is 0 Å².